The van der Waals surface area contributed by atoms with Crippen molar-refractivity contribution in [1.29, 1.82) is 0 Å². The molecule has 0 fully saturated rings. The first-order chi connectivity index (χ1) is 12.6. The van der Waals surface area contributed by atoms with Gasteiger partial charge in [-0.05, 0) is 30.3 Å². The number of rotatable bonds is 5. The number of nitrogens with one attached hydrogen (secondary N) is 2. The number of benzene rings is 2. The summed E-state index contributed by atoms with van der Waals surface area (Å²) >= 11 is 0. The summed E-state index contributed by atoms with van der Waals surface area (Å²) in [4.78, 5) is 19.8. The van der Waals surface area contributed by atoms with E-state index in [1.807, 2.05) is 18.2 Å². The van der Waals surface area contributed by atoms with Crippen molar-refractivity contribution >= 4 is 46.6 Å². The summed E-state index contributed by atoms with van der Waals surface area (Å²) in [5.74, 6) is 1.82. The number of aromatic nitrogens is 2. The number of halogens is 1. The largest absolute Gasteiger partial charge is 0.493 e. The van der Waals surface area contributed by atoms with Crippen LogP contribution in [0, 0.1) is 0 Å². The lowest BCUT2D eigenvalue weighted by Gasteiger charge is -2.12. The summed E-state index contributed by atoms with van der Waals surface area (Å²) in [6.07, 6.45) is 0.956. The molecule has 1 heterocycles. The first kappa shape index (κ1) is 20.1. The molecule has 142 valence electrons. The Balaban J connectivity index is 0.00000261. The van der Waals surface area contributed by atoms with Crippen molar-refractivity contribution in [2.24, 2.45) is 0 Å². The number of fused-ring (bicyclic) bond motifs is 1. The molecule has 2 aromatic carbocycles. The summed E-state index contributed by atoms with van der Waals surface area (Å²) in [5.41, 5.74) is 2.15. The van der Waals surface area contributed by atoms with E-state index in [9.17, 15) is 4.79 Å². The molecule has 8 nitrogen and oxygen atoms in total. The minimum atomic E-state index is -0.520. The smallest absolute Gasteiger partial charge is 0.411 e. The Kier molecular flexibility index (Phi) is 6.62. The second-order valence-corrected chi connectivity index (χ2v) is 5.27. The monoisotopic (exact) mass is 390 g/mol. The van der Waals surface area contributed by atoms with Crippen LogP contribution in [0.25, 0.3) is 10.9 Å². The average Bonchev–Trinajstić information content (AvgIpc) is 2.68. The Morgan fingerprint density at radius 1 is 0.926 bits per heavy atom. The summed E-state index contributed by atoms with van der Waals surface area (Å²) < 4.78 is 15.2. The van der Waals surface area contributed by atoms with E-state index in [1.165, 1.54) is 13.4 Å². The van der Waals surface area contributed by atoms with Crippen LogP contribution in [0.1, 0.15) is 0 Å². The van der Waals surface area contributed by atoms with Gasteiger partial charge in [-0.15, -0.1) is 12.4 Å². The van der Waals surface area contributed by atoms with Gasteiger partial charge in [0.1, 0.15) is 12.1 Å². The van der Waals surface area contributed by atoms with Crippen LogP contribution >= 0.6 is 12.4 Å². The van der Waals surface area contributed by atoms with Crippen molar-refractivity contribution in [3.63, 3.8) is 0 Å². The van der Waals surface area contributed by atoms with Gasteiger partial charge in [-0.2, -0.15) is 0 Å². The van der Waals surface area contributed by atoms with E-state index in [4.69, 9.17) is 9.47 Å². The first-order valence-electron chi connectivity index (χ1n) is 7.73. The predicted octanol–water partition coefficient (Wildman–Crippen LogP) is 3.99. The normalized spacial score (nSPS) is 9.89. The third-order valence-corrected chi connectivity index (χ3v) is 3.72. The molecule has 0 saturated carbocycles. The zero-order valence-corrected chi connectivity index (χ0v) is 15.8. The van der Waals surface area contributed by atoms with Crippen molar-refractivity contribution in [3.05, 3.63) is 42.7 Å². The van der Waals surface area contributed by atoms with Gasteiger partial charge in [0.2, 0.25) is 0 Å². The average molecular weight is 391 g/mol. The predicted molar refractivity (Wildman–Crippen MR) is 106 cm³/mol. The highest BCUT2D eigenvalue weighted by Crippen LogP contribution is 2.34. The van der Waals surface area contributed by atoms with Gasteiger partial charge in [0.05, 0.1) is 26.8 Å². The fraction of sp³-hybridized carbons (Fsp3) is 0.167. The van der Waals surface area contributed by atoms with E-state index in [-0.39, 0.29) is 12.4 Å². The number of ether oxygens (including phenoxy) is 3. The van der Waals surface area contributed by atoms with E-state index >= 15 is 0 Å². The Bertz CT molecular complexity index is 935. The maximum absolute atomic E-state index is 11.2. The van der Waals surface area contributed by atoms with Crippen LogP contribution in [0.15, 0.2) is 42.7 Å². The molecule has 0 unspecified atom stereocenters. The molecule has 0 bridgehead atoms. The highest BCUT2D eigenvalue weighted by Gasteiger charge is 2.11. The van der Waals surface area contributed by atoms with Crippen LogP contribution in [-0.4, -0.2) is 37.4 Å². The molecule has 0 spiro atoms. The van der Waals surface area contributed by atoms with E-state index in [0.717, 1.165) is 16.6 Å². The quantitative estimate of drug-likeness (QED) is 0.680. The molecular formula is C18H19ClN4O4. The Morgan fingerprint density at radius 3 is 2.19 bits per heavy atom. The number of carbonyl (C=O) groups excluding carboxylic acids is 1. The highest BCUT2D eigenvalue weighted by molar-refractivity contribution is 5.93. The number of amides is 1. The lowest BCUT2D eigenvalue weighted by atomic mass is 10.2. The van der Waals surface area contributed by atoms with Gasteiger partial charge in [0, 0.05) is 22.8 Å². The lowest BCUT2D eigenvalue weighted by molar-refractivity contribution is 0.187. The van der Waals surface area contributed by atoms with E-state index in [1.54, 1.807) is 32.4 Å². The molecule has 0 aliphatic heterocycles. The molecule has 0 saturated heterocycles. The minimum absolute atomic E-state index is 0. The third kappa shape index (κ3) is 4.48. The number of nitrogens with zero attached hydrogens (tertiary/aromatic N) is 2. The van der Waals surface area contributed by atoms with Gasteiger partial charge >= 0.3 is 6.09 Å². The van der Waals surface area contributed by atoms with Crippen LogP contribution in [0.4, 0.5) is 22.0 Å². The number of hydrogen-bond acceptors (Lipinski definition) is 7. The molecule has 2 N–H and O–H groups in total. The van der Waals surface area contributed by atoms with E-state index in [2.05, 4.69) is 25.3 Å². The minimum Gasteiger partial charge on any atom is -0.493 e. The Labute approximate surface area is 162 Å². The van der Waals surface area contributed by atoms with Crippen LogP contribution < -0.4 is 20.1 Å². The number of carbonyl (C=O) groups is 1. The molecule has 3 rings (SSSR count). The topological polar surface area (TPSA) is 94.6 Å². The van der Waals surface area contributed by atoms with Crippen molar-refractivity contribution in [2.75, 3.05) is 32.0 Å². The molecule has 0 atom stereocenters. The fourth-order valence-corrected chi connectivity index (χ4v) is 2.43. The van der Waals surface area contributed by atoms with Gasteiger partial charge in [0.15, 0.2) is 11.5 Å². The molecule has 0 aliphatic rings. The van der Waals surface area contributed by atoms with Crippen molar-refractivity contribution < 1.29 is 19.0 Å². The molecule has 1 aromatic heterocycles. The summed E-state index contributed by atoms with van der Waals surface area (Å²) in [7, 11) is 4.47. The lowest BCUT2D eigenvalue weighted by Crippen LogP contribution is -2.10. The van der Waals surface area contributed by atoms with Crippen molar-refractivity contribution in [2.45, 2.75) is 0 Å². The second-order valence-electron chi connectivity index (χ2n) is 5.27. The number of anilines is 3. The molecule has 0 radical (unpaired) electrons. The molecule has 0 aliphatic carbocycles. The summed E-state index contributed by atoms with van der Waals surface area (Å²) in [6, 6.07) is 10.8. The van der Waals surface area contributed by atoms with Crippen molar-refractivity contribution in [3.8, 4) is 11.5 Å². The van der Waals surface area contributed by atoms with Crippen LogP contribution in [0.2, 0.25) is 0 Å². The van der Waals surface area contributed by atoms with E-state index < -0.39 is 6.09 Å². The van der Waals surface area contributed by atoms with Crippen LogP contribution in [-0.2, 0) is 4.74 Å². The fourth-order valence-electron chi connectivity index (χ4n) is 2.43. The van der Waals surface area contributed by atoms with E-state index in [0.29, 0.717) is 23.0 Å². The number of hydrogen-bond donors (Lipinski definition) is 2. The summed E-state index contributed by atoms with van der Waals surface area (Å²) in [5, 5.41) is 6.63. The number of methoxy groups -OCH3 is 3. The summed E-state index contributed by atoms with van der Waals surface area (Å²) in [6.45, 7) is 0. The van der Waals surface area contributed by atoms with Crippen LogP contribution in [0.5, 0.6) is 11.5 Å². The van der Waals surface area contributed by atoms with Gasteiger partial charge < -0.3 is 19.5 Å². The maximum atomic E-state index is 11.2. The Morgan fingerprint density at radius 2 is 1.56 bits per heavy atom. The first-order valence-corrected chi connectivity index (χ1v) is 7.73. The second kappa shape index (κ2) is 8.91. The molecular weight excluding hydrogens is 372 g/mol. The standard InChI is InChI=1S/C18H18N4O4.ClH/c1-24-15-8-13-14(9-16(15)25-2)19-10-20-17(13)21-11-4-6-12(7-5-11)22-18(23)26-3;/h4-10H,1-3H3,(H,22,23)(H,19,20,21);1H. The zero-order chi connectivity index (χ0) is 18.5. The van der Waals surface area contributed by atoms with Gasteiger partial charge in [-0.25, -0.2) is 14.8 Å². The molecule has 3 aromatic rings. The maximum Gasteiger partial charge on any atom is 0.411 e. The molecule has 9 heteroatoms. The molecule has 1 amide bonds. The third-order valence-electron chi connectivity index (χ3n) is 3.72. The highest BCUT2D eigenvalue weighted by atomic mass is 35.5. The van der Waals surface area contributed by atoms with Crippen molar-refractivity contribution in [1.82, 2.24) is 9.97 Å². The van der Waals surface area contributed by atoms with Crippen LogP contribution in [0.3, 0.4) is 0 Å². The SMILES string of the molecule is COC(=O)Nc1ccc(Nc2ncnc3cc(OC)c(OC)cc23)cc1.Cl. The van der Waals surface area contributed by atoms with Gasteiger partial charge in [-0.1, -0.05) is 0 Å². The zero-order valence-electron chi connectivity index (χ0n) is 15.0. The molecule has 27 heavy (non-hydrogen) atoms. The van der Waals surface area contributed by atoms with Gasteiger partial charge in [-0.3, -0.25) is 5.32 Å². The van der Waals surface area contributed by atoms with Gasteiger partial charge in [0.25, 0.3) is 0 Å². The Hall–Kier alpha value is -3.26.